The van der Waals surface area contributed by atoms with E-state index in [0.29, 0.717) is 0 Å². The summed E-state index contributed by atoms with van der Waals surface area (Å²) in [5.41, 5.74) is 0. The minimum absolute atomic E-state index is 2.07. The highest BCUT2D eigenvalue weighted by molar-refractivity contribution is 5.09. The summed E-state index contributed by atoms with van der Waals surface area (Å²) < 4.78 is 149. The molecular formula is C8H5F12. The fourth-order valence-corrected chi connectivity index (χ4v) is 0.930. The van der Waals surface area contributed by atoms with Crippen molar-refractivity contribution < 1.29 is 52.7 Å². The first kappa shape index (κ1) is 19.2. The van der Waals surface area contributed by atoms with Gasteiger partial charge in [0, 0.05) is 6.42 Å². The van der Waals surface area contributed by atoms with E-state index in [1.54, 1.807) is 0 Å². The number of hydrogen-bond acceptors (Lipinski definition) is 0. The van der Waals surface area contributed by atoms with Gasteiger partial charge in [-0.3, -0.25) is 0 Å². The van der Waals surface area contributed by atoms with Gasteiger partial charge in [0.15, 0.2) is 0 Å². The summed E-state index contributed by atoms with van der Waals surface area (Å²) in [4.78, 5) is 0. The highest BCUT2D eigenvalue weighted by Gasteiger charge is 2.87. The van der Waals surface area contributed by atoms with Gasteiger partial charge in [0.1, 0.15) is 0 Å². The second-order valence-corrected chi connectivity index (χ2v) is 3.60. The highest BCUT2D eigenvalue weighted by Crippen LogP contribution is 2.58. The molecule has 0 N–H and O–H groups in total. The molecule has 0 aromatic heterocycles. The first-order chi connectivity index (χ1) is 8.50. The van der Waals surface area contributed by atoms with E-state index in [1.165, 1.54) is 0 Å². The molecule has 0 saturated heterocycles. The van der Waals surface area contributed by atoms with Crippen LogP contribution in [0, 0.1) is 6.92 Å². The molecule has 0 aliphatic carbocycles. The van der Waals surface area contributed by atoms with Crippen molar-refractivity contribution in [2.45, 2.75) is 42.5 Å². The molecule has 0 aromatic carbocycles. The Morgan fingerprint density at radius 3 is 1.25 bits per heavy atom. The maximum absolute atomic E-state index is 12.7. The molecule has 0 aliphatic rings. The van der Waals surface area contributed by atoms with Crippen molar-refractivity contribution in [2.75, 3.05) is 0 Å². The molecule has 0 amide bonds. The molecule has 0 fully saturated rings. The molecule has 0 bridgehead atoms. The fraction of sp³-hybridized carbons (Fsp3) is 0.875. The van der Waals surface area contributed by atoms with Crippen LogP contribution in [0.1, 0.15) is 6.42 Å². The summed E-state index contributed by atoms with van der Waals surface area (Å²) in [6.07, 6.45) is -7.83. The second kappa shape index (κ2) is 4.86. The second-order valence-electron chi connectivity index (χ2n) is 3.60. The predicted octanol–water partition coefficient (Wildman–Crippen LogP) is 4.65. The number of rotatable bonds is 6. The van der Waals surface area contributed by atoms with Gasteiger partial charge in [-0.2, -0.15) is 43.9 Å². The molecule has 0 atom stereocenters. The largest absolute Gasteiger partial charge is 0.384 e. The summed E-state index contributed by atoms with van der Waals surface area (Å²) in [7, 11) is 0. The lowest BCUT2D eigenvalue weighted by molar-refractivity contribution is -0.412. The van der Waals surface area contributed by atoms with Gasteiger partial charge in [0.05, 0.1) is 0 Å². The van der Waals surface area contributed by atoms with Gasteiger partial charge in [-0.1, -0.05) is 0 Å². The maximum Gasteiger partial charge on any atom is 0.384 e. The van der Waals surface area contributed by atoms with E-state index in [4.69, 9.17) is 0 Å². The van der Waals surface area contributed by atoms with Gasteiger partial charge < -0.3 is 0 Å². The quantitative estimate of drug-likeness (QED) is 0.622. The van der Waals surface area contributed by atoms with Crippen molar-refractivity contribution >= 4 is 0 Å². The van der Waals surface area contributed by atoms with Crippen molar-refractivity contribution in [1.82, 2.24) is 0 Å². The summed E-state index contributed by atoms with van der Waals surface area (Å²) in [6, 6.07) is 0. The lowest BCUT2D eigenvalue weighted by atomic mass is 9.93. The van der Waals surface area contributed by atoms with Crippen molar-refractivity contribution in [1.29, 1.82) is 0 Å². The predicted molar refractivity (Wildman–Crippen MR) is 40.7 cm³/mol. The standard InChI is InChI=1S/C8H5F12/c1-2-4(11,12)6(15,16)8(19,20)7(17,18)5(13,14)3(9)10/h3H,1-2H2. The Labute approximate surface area is 103 Å². The van der Waals surface area contributed by atoms with E-state index in [9.17, 15) is 52.7 Å². The van der Waals surface area contributed by atoms with Gasteiger partial charge in [-0.15, -0.1) is 0 Å². The molecular weight excluding hydrogens is 324 g/mol. The molecule has 0 rings (SSSR count). The highest BCUT2D eigenvalue weighted by atomic mass is 19.4. The summed E-state index contributed by atoms with van der Waals surface area (Å²) in [5.74, 6) is -34.8. The van der Waals surface area contributed by atoms with E-state index >= 15 is 0 Å². The van der Waals surface area contributed by atoms with Crippen molar-refractivity contribution in [3.8, 4) is 0 Å². The zero-order chi connectivity index (χ0) is 16.8. The fourth-order valence-electron chi connectivity index (χ4n) is 0.930. The Kier molecular flexibility index (Phi) is 4.66. The van der Waals surface area contributed by atoms with Crippen LogP contribution in [0.2, 0.25) is 0 Å². The van der Waals surface area contributed by atoms with Crippen LogP contribution in [0.25, 0.3) is 0 Å². The van der Waals surface area contributed by atoms with Crippen LogP contribution in [0.4, 0.5) is 52.7 Å². The Morgan fingerprint density at radius 2 is 1.00 bits per heavy atom. The maximum atomic E-state index is 12.7. The first-order valence-electron chi connectivity index (χ1n) is 4.47. The van der Waals surface area contributed by atoms with Gasteiger partial charge in [-0.25, -0.2) is 8.78 Å². The number of halogens is 12. The molecule has 0 aromatic rings. The van der Waals surface area contributed by atoms with Crippen LogP contribution < -0.4 is 0 Å². The molecule has 0 unspecified atom stereocenters. The van der Waals surface area contributed by atoms with Crippen LogP contribution in [0.15, 0.2) is 0 Å². The molecule has 0 aliphatic heterocycles. The molecule has 0 saturated carbocycles. The molecule has 1 radical (unpaired) electrons. The van der Waals surface area contributed by atoms with Crippen LogP contribution in [0.3, 0.4) is 0 Å². The van der Waals surface area contributed by atoms with Gasteiger partial charge in [0.2, 0.25) is 0 Å². The molecule has 12 heteroatoms. The minimum Gasteiger partial charge on any atom is -0.203 e. The zero-order valence-corrected chi connectivity index (χ0v) is 9.03. The van der Waals surface area contributed by atoms with Crippen LogP contribution in [0.5, 0.6) is 0 Å². The molecule has 0 heterocycles. The third kappa shape index (κ3) is 2.30. The average molecular weight is 329 g/mol. The van der Waals surface area contributed by atoms with E-state index in [0.717, 1.165) is 0 Å². The number of alkyl halides is 12. The summed E-state index contributed by atoms with van der Waals surface area (Å²) in [6.45, 7) is 2.07. The van der Waals surface area contributed by atoms with Crippen LogP contribution >= 0.6 is 0 Å². The Balaban J connectivity index is 5.98. The molecule has 0 spiro atoms. The first-order valence-corrected chi connectivity index (χ1v) is 4.47. The minimum atomic E-state index is -7.44. The topological polar surface area (TPSA) is 0 Å². The lowest BCUT2D eigenvalue weighted by Crippen LogP contribution is -2.68. The monoisotopic (exact) mass is 329 g/mol. The van der Waals surface area contributed by atoms with Crippen LogP contribution in [-0.4, -0.2) is 36.0 Å². The lowest BCUT2D eigenvalue weighted by Gasteiger charge is -2.38. The van der Waals surface area contributed by atoms with Crippen molar-refractivity contribution in [3.63, 3.8) is 0 Å². The van der Waals surface area contributed by atoms with Crippen molar-refractivity contribution in [2.24, 2.45) is 0 Å². The average Bonchev–Trinajstić information content (AvgIpc) is 2.27. The Bertz CT molecular complexity index is 343. The summed E-state index contributed by atoms with van der Waals surface area (Å²) >= 11 is 0. The van der Waals surface area contributed by atoms with Gasteiger partial charge >= 0.3 is 36.0 Å². The molecule has 20 heavy (non-hydrogen) atoms. The summed E-state index contributed by atoms with van der Waals surface area (Å²) in [5, 5.41) is 0. The molecule has 0 nitrogen and oxygen atoms in total. The molecule has 121 valence electrons. The van der Waals surface area contributed by atoms with E-state index < -0.39 is 42.5 Å². The Hall–Kier alpha value is -0.840. The van der Waals surface area contributed by atoms with Crippen LogP contribution in [-0.2, 0) is 0 Å². The third-order valence-electron chi connectivity index (χ3n) is 2.25. The number of hydrogen-bond donors (Lipinski definition) is 0. The third-order valence-corrected chi connectivity index (χ3v) is 2.25. The van der Waals surface area contributed by atoms with E-state index in [2.05, 4.69) is 6.92 Å². The smallest absolute Gasteiger partial charge is 0.203 e. The van der Waals surface area contributed by atoms with E-state index in [1.807, 2.05) is 0 Å². The normalized spacial score (nSPS) is 15.9. The van der Waals surface area contributed by atoms with E-state index in [-0.39, 0.29) is 0 Å². The zero-order valence-electron chi connectivity index (χ0n) is 9.03. The SMILES string of the molecule is [CH2]CC(F)(F)C(F)(F)C(F)(F)C(F)(F)C(F)(F)C(F)F. The Morgan fingerprint density at radius 1 is 0.650 bits per heavy atom. The van der Waals surface area contributed by atoms with Crippen molar-refractivity contribution in [3.05, 3.63) is 6.92 Å². The van der Waals surface area contributed by atoms with Gasteiger partial charge in [-0.05, 0) is 6.92 Å². The van der Waals surface area contributed by atoms with Gasteiger partial charge in [0.25, 0.3) is 0 Å².